The Morgan fingerprint density at radius 1 is 0.880 bits per heavy atom. The second kappa shape index (κ2) is 22.1. The molecule has 1 rings (SSSR count). The molecule has 0 bridgehead atoms. The van der Waals surface area contributed by atoms with E-state index in [1.165, 1.54) is 0 Å². The van der Waals surface area contributed by atoms with E-state index in [1.807, 2.05) is 0 Å². The van der Waals surface area contributed by atoms with Crippen LogP contribution in [0.5, 0.6) is 0 Å². The number of carbonyl (C=O) groups is 2. The van der Waals surface area contributed by atoms with Crippen LogP contribution in [0.15, 0.2) is 12.2 Å². The average Bonchev–Trinajstić information content (AvgIpc) is 2.86. The topological polar surface area (TPSA) is 58.2 Å². The third kappa shape index (κ3) is 16.5. The van der Waals surface area contributed by atoms with Gasteiger partial charge < -0.3 is 46.2 Å². The van der Waals surface area contributed by atoms with Crippen LogP contribution in [0.25, 0.3) is 0 Å². The van der Waals surface area contributed by atoms with Crippen LogP contribution in [0.1, 0.15) is 44.9 Å². The fourth-order valence-electron chi connectivity index (χ4n) is 2.26. The molecule has 1 aliphatic carbocycles. The van der Waals surface area contributed by atoms with Gasteiger partial charge in [-0.2, -0.15) is 12.8 Å². The van der Waals surface area contributed by atoms with E-state index in [2.05, 4.69) is 36.6 Å². The van der Waals surface area contributed by atoms with Gasteiger partial charge in [-0.3, -0.25) is 12.2 Å². The molecule has 4 nitrogen and oxygen atoms in total. The van der Waals surface area contributed by atoms with Crippen molar-refractivity contribution >= 4 is 11.8 Å². The van der Waals surface area contributed by atoms with Crippen molar-refractivity contribution in [3.8, 4) is 0 Å². The second-order valence-corrected chi connectivity index (χ2v) is 5.07. The van der Waals surface area contributed by atoms with Gasteiger partial charge in [-0.15, -0.1) is 0 Å². The van der Waals surface area contributed by atoms with Crippen LogP contribution < -0.4 is 10.6 Å². The van der Waals surface area contributed by atoms with Crippen molar-refractivity contribution in [1.82, 2.24) is 10.6 Å². The predicted octanol–water partition coefficient (Wildman–Crippen LogP) is 2.08. The largest absolute Gasteiger partial charge is 0.409 e. The maximum Gasteiger partial charge on any atom is 0.0624 e. The van der Waals surface area contributed by atoms with Crippen molar-refractivity contribution in [3.63, 3.8) is 0 Å². The Labute approximate surface area is 226 Å². The van der Waals surface area contributed by atoms with Gasteiger partial charge in [0.25, 0.3) is 0 Å². The minimum atomic E-state index is -0.230. The van der Waals surface area contributed by atoms with Gasteiger partial charge in [-0.05, 0) is 19.3 Å². The van der Waals surface area contributed by atoms with Crippen LogP contribution in [0.4, 0.5) is 0 Å². The predicted molar refractivity (Wildman–Crippen MR) is 82.5 cm³/mol. The molecule has 0 aromatic rings. The van der Waals surface area contributed by atoms with E-state index in [-0.39, 0.29) is 126 Å². The van der Waals surface area contributed by atoms with Gasteiger partial charge in [-0.25, -0.2) is 0 Å². The van der Waals surface area contributed by atoms with Crippen LogP contribution in [-0.2, 0) is 112 Å². The first kappa shape index (κ1) is 34.3. The Hall–Kier alpha value is 1.80. The van der Waals surface area contributed by atoms with Crippen LogP contribution >= 0.6 is 0 Å². The summed E-state index contributed by atoms with van der Waals surface area (Å²) in [5.74, 6) is -0.461. The summed E-state index contributed by atoms with van der Waals surface area (Å²) < 4.78 is 0. The van der Waals surface area contributed by atoms with E-state index in [1.54, 1.807) is 12.2 Å². The van der Waals surface area contributed by atoms with E-state index in [0.717, 1.165) is 44.9 Å². The summed E-state index contributed by atoms with van der Waals surface area (Å²) in [5, 5.41) is 5.79. The molecular formula is C17H24N2O2V2Y2-4. The Morgan fingerprint density at radius 2 is 1.24 bits per heavy atom. The van der Waals surface area contributed by atoms with E-state index < -0.39 is 0 Å². The molecule has 1 fully saturated rings. The monoisotopic (exact) mass is 568 g/mol. The molecule has 0 heterocycles. The van der Waals surface area contributed by atoms with E-state index >= 15 is 0 Å². The standard InChI is InChI=1S/C17H24N2O2.2V.2Y/c1-3-5-7-12-16(20)18-14-10-9-11-15(14)19-17(21)13-8-6-4-2;;;;/h7-8,14-15H,1-6,9-11H2,(H,18,20)(H,19,21);;;;/q-4;;;;/t14-,15+;;;;. The van der Waals surface area contributed by atoms with Gasteiger partial charge >= 0.3 is 0 Å². The zero-order valence-electron chi connectivity index (χ0n) is 14.5. The van der Waals surface area contributed by atoms with E-state index in [9.17, 15) is 9.59 Å². The molecule has 0 aliphatic heterocycles. The van der Waals surface area contributed by atoms with Gasteiger partial charge in [0.1, 0.15) is 0 Å². The number of hydrogen-bond acceptors (Lipinski definition) is 2. The molecule has 1 saturated carbocycles. The second-order valence-electron chi connectivity index (χ2n) is 5.07. The summed E-state index contributed by atoms with van der Waals surface area (Å²) in [6.45, 7) is 7.39. The summed E-state index contributed by atoms with van der Waals surface area (Å²) >= 11 is 0. The molecule has 134 valence electrons. The molecule has 0 aromatic carbocycles. The van der Waals surface area contributed by atoms with Crippen molar-refractivity contribution in [1.29, 1.82) is 0 Å². The molecule has 0 unspecified atom stereocenters. The average molecular weight is 568 g/mol. The van der Waals surface area contributed by atoms with Gasteiger partial charge in [0.15, 0.2) is 0 Å². The Kier molecular flexibility index (Phi) is 30.3. The minimum Gasteiger partial charge on any atom is -0.409 e. The summed E-state index contributed by atoms with van der Waals surface area (Å²) in [6.07, 6.45) is 14.4. The van der Waals surface area contributed by atoms with Gasteiger partial charge in [-0.1, -0.05) is 12.8 Å². The van der Waals surface area contributed by atoms with Gasteiger partial charge in [0, 0.05) is 115 Å². The summed E-state index contributed by atoms with van der Waals surface area (Å²) in [4.78, 5) is 23.4. The molecule has 8 heteroatoms. The minimum absolute atomic E-state index is 0. The molecule has 0 spiro atoms. The van der Waals surface area contributed by atoms with Gasteiger partial charge in [0.05, 0.1) is 11.8 Å². The molecule has 1 aliphatic rings. The quantitative estimate of drug-likeness (QED) is 0.349. The fourth-order valence-corrected chi connectivity index (χ4v) is 2.26. The van der Waals surface area contributed by atoms with Crippen molar-refractivity contribution in [2.45, 2.75) is 57.0 Å². The number of rotatable bonds is 8. The zero-order chi connectivity index (χ0) is 15.5. The van der Waals surface area contributed by atoms with Crippen LogP contribution in [0, 0.1) is 26.0 Å². The summed E-state index contributed by atoms with van der Waals surface area (Å²) in [5.41, 5.74) is 0. The first-order valence-corrected chi connectivity index (χ1v) is 7.53. The number of carbonyl (C=O) groups excluding carboxylic acids is 2. The number of allylic oxidation sites excluding steroid dienone is 2. The zero-order valence-corrected chi connectivity index (χ0v) is 23.0. The summed E-state index contributed by atoms with van der Waals surface area (Å²) in [7, 11) is 0. The van der Waals surface area contributed by atoms with Crippen LogP contribution in [0.2, 0.25) is 0 Å². The smallest absolute Gasteiger partial charge is 0.0624 e. The fraction of sp³-hybridized carbons (Fsp3) is 0.529. The van der Waals surface area contributed by atoms with Crippen molar-refractivity contribution in [2.24, 2.45) is 0 Å². The summed E-state index contributed by atoms with van der Waals surface area (Å²) in [6, 6.07) is -0.0616. The molecule has 4 radical (unpaired) electrons. The van der Waals surface area contributed by atoms with Crippen LogP contribution in [-0.4, -0.2) is 23.9 Å². The molecular weight excluding hydrogens is 544 g/mol. The Morgan fingerprint density at radius 3 is 1.56 bits per heavy atom. The number of nitrogens with one attached hydrogen (secondary N) is 2. The van der Waals surface area contributed by atoms with Crippen LogP contribution in [0.3, 0.4) is 0 Å². The molecule has 0 aromatic heterocycles. The first-order chi connectivity index (χ1) is 10.2. The van der Waals surface area contributed by atoms with Crippen molar-refractivity contribution in [2.75, 3.05) is 0 Å². The molecule has 25 heavy (non-hydrogen) atoms. The molecule has 2 amide bonds. The SMILES string of the molecule is [CH2-]CCC=[C-]C(=O)N[C@H]1CCC[C@H]1NC(=O)[C-]=CCC[CH2-].[V].[V].[Y].[Y]. The number of amides is 2. The Bertz CT molecular complexity index is 372. The molecule has 2 N–H and O–H groups in total. The normalized spacial score (nSPS) is 18.5. The Balaban J connectivity index is -0.000000551. The van der Waals surface area contributed by atoms with Gasteiger partial charge in [0.2, 0.25) is 0 Å². The van der Waals surface area contributed by atoms with Crippen molar-refractivity contribution < 1.29 is 112 Å². The number of hydrogen-bond donors (Lipinski definition) is 2. The number of unbranched alkanes of at least 4 members (excludes halogenated alkanes) is 2. The third-order valence-corrected chi connectivity index (χ3v) is 3.31. The maximum atomic E-state index is 11.7. The third-order valence-electron chi connectivity index (χ3n) is 3.31. The molecule has 0 saturated heterocycles. The van der Waals surface area contributed by atoms with Crippen molar-refractivity contribution in [3.05, 3.63) is 38.2 Å². The first-order valence-electron chi connectivity index (χ1n) is 7.53. The van der Waals surface area contributed by atoms with E-state index in [0.29, 0.717) is 0 Å². The van der Waals surface area contributed by atoms with E-state index in [4.69, 9.17) is 0 Å². The molecule has 2 atom stereocenters. The maximum absolute atomic E-state index is 11.7.